The maximum atomic E-state index is 11.9. The van der Waals surface area contributed by atoms with Crippen molar-refractivity contribution in [3.63, 3.8) is 0 Å². The molecule has 2 heteroatoms. The van der Waals surface area contributed by atoms with Crippen molar-refractivity contribution in [3.8, 4) is 0 Å². The fourth-order valence-corrected chi connectivity index (χ4v) is 5.35. The minimum atomic E-state index is -0.128. The van der Waals surface area contributed by atoms with Gasteiger partial charge in [-0.3, -0.25) is 9.59 Å². The summed E-state index contributed by atoms with van der Waals surface area (Å²) < 4.78 is 0. The highest BCUT2D eigenvalue weighted by Gasteiger charge is 2.31. The largest absolute Gasteiger partial charge is 0.295 e. The lowest BCUT2D eigenvalue weighted by atomic mass is 9.72. The number of rotatable bonds is 9. The van der Waals surface area contributed by atoms with Crippen LogP contribution in [0.5, 0.6) is 0 Å². The molecular formula is C40H50O2. The first-order chi connectivity index (χ1) is 19.6. The molecule has 42 heavy (non-hydrogen) atoms. The van der Waals surface area contributed by atoms with Crippen LogP contribution >= 0.6 is 0 Å². The molecule has 0 amide bonds. The molecule has 222 valence electrons. The van der Waals surface area contributed by atoms with Gasteiger partial charge in [0.2, 0.25) is 0 Å². The van der Waals surface area contributed by atoms with Crippen LogP contribution in [0.25, 0.3) is 0 Å². The lowest BCUT2D eigenvalue weighted by molar-refractivity contribution is -0.117. The number of allylic oxidation sites excluding steroid dienone is 24. The van der Waals surface area contributed by atoms with Gasteiger partial charge in [-0.1, -0.05) is 135 Å². The van der Waals surface area contributed by atoms with E-state index in [-0.39, 0.29) is 22.4 Å². The lowest BCUT2D eigenvalue weighted by Crippen LogP contribution is -2.24. The van der Waals surface area contributed by atoms with Crippen molar-refractivity contribution < 1.29 is 9.59 Å². The summed E-state index contributed by atoms with van der Waals surface area (Å²) in [7, 11) is 0. The van der Waals surface area contributed by atoms with Gasteiger partial charge in [-0.15, -0.1) is 0 Å². The van der Waals surface area contributed by atoms with E-state index in [2.05, 4.69) is 140 Å². The van der Waals surface area contributed by atoms with E-state index >= 15 is 0 Å². The molecule has 0 N–H and O–H groups in total. The molecule has 0 aliphatic heterocycles. The Hall–Kier alpha value is -3.78. The van der Waals surface area contributed by atoms with Crippen molar-refractivity contribution in [1.29, 1.82) is 0 Å². The predicted molar refractivity (Wildman–Crippen MR) is 182 cm³/mol. The zero-order valence-electron chi connectivity index (χ0n) is 27.5. The molecule has 0 aromatic heterocycles. The molecule has 0 heterocycles. The Labute approximate surface area is 255 Å². The highest BCUT2D eigenvalue weighted by Crippen LogP contribution is 2.40. The summed E-state index contributed by atoms with van der Waals surface area (Å²) in [6.07, 6.45) is 34.0. The van der Waals surface area contributed by atoms with E-state index in [4.69, 9.17) is 0 Å². The first-order valence-electron chi connectivity index (χ1n) is 14.9. The summed E-state index contributed by atoms with van der Waals surface area (Å²) in [6.45, 7) is 20.9. The number of carbonyl (C=O) groups excluding carboxylic acids is 2. The topological polar surface area (TPSA) is 34.1 Å². The van der Waals surface area contributed by atoms with Crippen LogP contribution in [0, 0.1) is 10.8 Å². The number of hydrogen-bond donors (Lipinski definition) is 0. The summed E-state index contributed by atoms with van der Waals surface area (Å²) >= 11 is 0. The minimum Gasteiger partial charge on any atom is -0.295 e. The van der Waals surface area contributed by atoms with E-state index in [9.17, 15) is 9.59 Å². The first kappa shape index (κ1) is 34.4. The van der Waals surface area contributed by atoms with Gasteiger partial charge in [-0.05, 0) is 86.8 Å². The van der Waals surface area contributed by atoms with Crippen molar-refractivity contribution >= 4 is 11.6 Å². The van der Waals surface area contributed by atoms with E-state index < -0.39 is 0 Å². The predicted octanol–water partition coefficient (Wildman–Crippen LogP) is 10.7. The summed E-state index contributed by atoms with van der Waals surface area (Å²) in [4.78, 5) is 23.8. The Morgan fingerprint density at radius 2 is 0.857 bits per heavy atom. The number of carbonyl (C=O) groups is 2. The molecular weight excluding hydrogens is 512 g/mol. The van der Waals surface area contributed by atoms with Crippen molar-refractivity contribution in [2.45, 2.75) is 82.1 Å². The third-order valence-electron chi connectivity index (χ3n) is 7.59. The second-order valence-corrected chi connectivity index (χ2v) is 12.9. The molecule has 2 aliphatic carbocycles. The van der Waals surface area contributed by atoms with E-state index in [0.717, 1.165) is 22.3 Å². The van der Waals surface area contributed by atoms with Crippen LogP contribution in [0.3, 0.4) is 0 Å². The van der Waals surface area contributed by atoms with Crippen molar-refractivity contribution in [1.82, 2.24) is 0 Å². The quantitative estimate of drug-likeness (QED) is 0.262. The Balaban J connectivity index is 1.93. The fraction of sp³-hybridized carbons (Fsp3) is 0.350. The van der Waals surface area contributed by atoms with E-state index in [0.29, 0.717) is 12.8 Å². The molecule has 0 fully saturated rings. The van der Waals surface area contributed by atoms with Gasteiger partial charge in [-0.25, -0.2) is 0 Å². The average molecular weight is 563 g/mol. The first-order valence-corrected chi connectivity index (χ1v) is 14.9. The summed E-state index contributed by atoms with van der Waals surface area (Å²) in [5, 5.41) is 0. The molecule has 0 aromatic rings. The van der Waals surface area contributed by atoms with E-state index in [1.165, 1.54) is 22.3 Å². The Kier molecular flexibility index (Phi) is 12.7. The molecule has 0 atom stereocenters. The molecule has 0 saturated carbocycles. The second kappa shape index (κ2) is 15.4. The van der Waals surface area contributed by atoms with E-state index in [1.54, 1.807) is 12.2 Å². The highest BCUT2D eigenvalue weighted by atomic mass is 16.1. The third-order valence-corrected chi connectivity index (χ3v) is 7.59. The SMILES string of the molecule is CC1=CC(=O)CC(C)(C)/C1=C/C=C(C)/C=C\C=C(C)/C=C/C=C/C(C)=C\C=C/C(C)=C/C=C1\C(C)=CC(=O)CC1(C)C. The van der Waals surface area contributed by atoms with Crippen LogP contribution in [0.2, 0.25) is 0 Å². The Morgan fingerprint density at radius 3 is 1.19 bits per heavy atom. The number of ketones is 2. The van der Waals surface area contributed by atoms with E-state index in [1.807, 2.05) is 13.8 Å². The van der Waals surface area contributed by atoms with Crippen LogP contribution in [-0.2, 0) is 9.59 Å². The van der Waals surface area contributed by atoms with Crippen LogP contribution < -0.4 is 0 Å². The molecule has 0 radical (unpaired) electrons. The van der Waals surface area contributed by atoms with Crippen molar-refractivity contribution in [2.24, 2.45) is 10.8 Å². The standard InChI is InChI=1S/C40H50O2/c1-29(17-13-19-31(3)21-23-37-33(5)25-35(41)27-39(37,7)8)15-11-12-16-30(2)18-14-20-32(4)22-24-38-34(6)26-36(42)28-40(38,9)10/h11-26H,27-28H2,1-10H3/b15-11+,16-12+,19-13-,20-14-,29-17-,30-18-,31-21+,32-22+,37-23+,38-24+. The molecule has 0 unspecified atom stereocenters. The smallest absolute Gasteiger partial charge is 0.156 e. The monoisotopic (exact) mass is 562 g/mol. The maximum Gasteiger partial charge on any atom is 0.156 e. The third kappa shape index (κ3) is 11.2. The van der Waals surface area contributed by atoms with Gasteiger partial charge in [0.25, 0.3) is 0 Å². The summed E-state index contributed by atoms with van der Waals surface area (Å²) in [5.74, 6) is 0.421. The van der Waals surface area contributed by atoms with Crippen LogP contribution in [-0.4, -0.2) is 11.6 Å². The Morgan fingerprint density at radius 1 is 0.548 bits per heavy atom. The minimum absolute atomic E-state index is 0.128. The zero-order valence-corrected chi connectivity index (χ0v) is 27.5. The molecule has 0 aromatic carbocycles. The molecule has 2 nitrogen and oxygen atoms in total. The van der Waals surface area contributed by atoms with Gasteiger partial charge in [0.05, 0.1) is 0 Å². The maximum absolute atomic E-state index is 11.9. The van der Waals surface area contributed by atoms with Gasteiger partial charge in [-0.2, -0.15) is 0 Å². The normalized spacial score (nSPS) is 22.9. The fourth-order valence-electron chi connectivity index (χ4n) is 5.35. The van der Waals surface area contributed by atoms with Gasteiger partial charge in [0.1, 0.15) is 0 Å². The van der Waals surface area contributed by atoms with Crippen LogP contribution in [0.15, 0.2) is 142 Å². The molecule has 0 saturated heterocycles. The molecule has 2 aliphatic rings. The molecule has 2 rings (SSSR count). The highest BCUT2D eigenvalue weighted by molar-refractivity contribution is 5.94. The summed E-state index contributed by atoms with van der Waals surface area (Å²) in [5.41, 5.74) is 8.98. The van der Waals surface area contributed by atoms with Gasteiger partial charge < -0.3 is 0 Å². The summed E-state index contributed by atoms with van der Waals surface area (Å²) in [6, 6.07) is 0. The van der Waals surface area contributed by atoms with Crippen LogP contribution in [0.1, 0.15) is 82.1 Å². The molecule has 0 spiro atoms. The average Bonchev–Trinajstić information content (AvgIpc) is 2.84. The number of hydrogen-bond acceptors (Lipinski definition) is 2. The molecule has 0 bridgehead atoms. The van der Waals surface area contributed by atoms with Gasteiger partial charge in [0, 0.05) is 12.8 Å². The second-order valence-electron chi connectivity index (χ2n) is 12.9. The van der Waals surface area contributed by atoms with Crippen LogP contribution in [0.4, 0.5) is 0 Å². The van der Waals surface area contributed by atoms with Crippen molar-refractivity contribution in [3.05, 3.63) is 142 Å². The lowest BCUT2D eigenvalue weighted by Gasteiger charge is -2.31. The van der Waals surface area contributed by atoms with Gasteiger partial charge in [0.15, 0.2) is 11.6 Å². The van der Waals surface area contributed by atoms with Crippen molar-refractivity contribution in [2.75, 3.05) is 0 Å². The van der Waals surface area contributed by atoms with Gasteiger partial charge >= 0.3 is 0 Å². The Bertz CT molecular complexity index is 1310. The zero-order chi connectivity index (χ0) is 31.5.